The molecular weight excluding hydrogens is 414 g/mol. The molecule has 0 fully saturated rings. The van der Waals surface area contributed by atoms with E-state index in [9.17, 15) is 9.59 Å². The van der Waals surface area contributed by atoms with Crippen LogP contribution in [0.2, 0.25) is 0 Å². The molecule has 168 valence electrons. The Morgan fingerprint density at radius 2 is 2.00 bits per heavy atom. The second kappa shape index (κ2) is 11.0. The van der Waals surface area contributed by atoms with E-state index in [0.717, 1.165) is 18.4 Å². The number of ether oxygens (including phenoxy) is 2. The maximum Gasteiger partial charge on any atom is 0.317 e. The Hall–Kier alpha value is -2.74. The molecule has 31 heavy (non-hydrogen) atoms. The number of carbonyl (C=O) groups is 2. The first-order valence-electron chi connectivity index (χ1n) is 10.7. The van der Waals surface area contributed by atoms with Crippen molar-refractivity contribution >= 4 is 23.3 Å². The number of hydrogen-bond acceptors (Lipinski definition) is 5. The summed E-state index contributed by atoms with van der Waals surface area (Å²) < 4.78 is 11.5. The van der Waals surface area contributed by atoms with Gasteiger partial charge in [0.15, 0.2) is 11.5 Å². The van der Waals surface area contributed by atoms with Crippen LogP contribution in [0.3, 0.4) is 0 Å². The van der Waals surface area contributed by atoms with E-state index in [4.69, 9.17) is 9.47 Å². The molecule has 2 heterocycles. The maximum absolute atomic E-state index is 13.3. The van der Waals surface area contributed by atoms with E-state index in [0.29, 0.717) is 37.7 Å². The van der Waals surface area contributed by atoms with Crippen LogP contribution in [0.15, 0.2) is 35.7 Å². The summed E-state index contributed by atoms with van der Waals surface area (Å²) in [7, 11) is 1.61. The molecule has 0 saturated heterocycles. The predicted octanol–water partition coefficient (Wildman–Crippen LogP) is 3.70. The van der Waals surface area contributed by atoms with Gasteiger partial charge in [-0.3, -0.25) is 4.79 Å². The SMILES string of the molecule is CCCN(CC(=O)N1CCc2sccc2[C@H]1COc1ccccc1OC)C(=O)NCC. The van der Waals surface area contributed by atoms with E-state index in [1.54, 1.807) is 23.3 Å². The third kappa shape index (κ3) is 5.50. The number of carbonyl (C=O) groups excluding carboxylic acids is 2. The largest absolute Gasteiger partial charge is 0.493 e. The summed E-state index contributed by atoms with van der Waals surface area (Å²) in [6.45, 7) is 5.94. The van der Waals surface area contributed by atoms with Crippen LogP contribution in [0.25, 0.3) is 0 Å². The Labute approximate surface area is 187 Å². The van der Waals surface area contributed by atoms with Crippen LogP contribution in [0.5, 0.6) is 11.5 Å². The topological polar surface area (TPSA) is 71.1 Å². The van der Waals surface area contributed by atoms with Crippen molar-refractivity contribution < 1.29 is 19.1 Å². The first-order chi connectivity index (χ1) is 15.1. The zero-order valence-corrected chi connectivity index (χ0v) is 19.2. The van der Waals surface area contributed by atoms with Gasteiger partial charge in [-0.2, -0.15) is 0 Å². The van der Waals surface area contributed by atoms with E-state index in [1.165, 1.54) is 4.88 Å². The van der Waals surface area contributed by atoms with Crippen LogP contribution in [0.4, 0.5) is 4.79 Å². The highest BCUT2D eigenvalue weighted by Gasteiger charge is 2.33. The molecule has 0 radical (unpaired) electrons. The molecule has 0 spiro atoms. The second-order valence-corrected chi connectivity index (χ2v) is 8.37. The predicted molar refractivity (Wildman–Crippen MR) is 122 cm³/mol. The van der Waals surface area contributed by atoms with Crippen LogP contribution in [-0.4, -0.2) is 61.6 Å². The fourth-order valence-electron chi connectivity index (χ4n) is 3.82. The smallest absolute Gasteiger partial charge is 0.317 e. The number of amides is 3. The van der Waals surface area contributed by atoms with Gasteiger partial charge in [-0.05, 0) is 48.9 Å². The maximum atomic E-state index is 13.3. The van der Waals surface area contributed by atoms with Gasteiger partial charge in [0.25, 0.3) is 0 Å². The summed E-state index contributed by atoms with van der Waals surface area (Å²) in [5.41, 5.74) is 1.12. The highest BCUT2D eigenvalue weighted by Crippen LogP contribution is 2.35. The molecule has 0 saturated carbocycles. The van der Waals surface area contributed by atoms with E-state index in [2.05, 4.69) is 16.8 Å². The summed E-state index contributed by atoms with van der Waals surface area (Å²) in [6.07, 6.45) is 1.61. The fourth-order valence-corrected chi connectivity index (χ4v) is 4.75. The Balaban J connectivity index is 1.77. The zero-order valence-electron chi connectivity index (χ0n) is 18.4. The summed E-state index contributed by atoms with van der Waals surface area (Å²) in [4.78, 5) is 30.4. The normalized spacial score (nSPS) is 15.2. The number of para-hydroxylation sites is 2. The molecule has 3 rings (SSSR count). The van der Waals surface area contributed by atoms with Crippen molar-refractivity contribution in [1.29, 1.82) is 0 Å². The standard InChI is InChI=1S/C23H31N3O4S/c1-4-12-25(23(28)24-5-2)15-22(27)26-13-10-21-17(11-14-31-21)18(26)16-30-20-9-7-6-8-19(20)29-3/h6-9,11,14,18H,4-5,10,12-13,15-16H2,1-3H3,(H,24,28)/t18-/m1/s1. The first-order valence-corrected chi connectivity index (χ1v) is 11.6. The first kappa shape index (κ1) is 22.9. The monoisotopic (exact) mass is 445 g/mol. The molecular formula is C23H31N3O4S. The number of benzene rings is 1. The third-order valence-corrected chi connectivity index (χ3v) is 6.31. The van der Waals surface area contributed by atoms with Gasteiger partial charge in [0.2, 0.25) is 5.91 Å². The van der Waals surface area contributed by atoms with Gasteiger partial charge in [0, 0.05) is 24.5 Å². The average Bonchev–Trinajstić information content (AvgIpc) is 3.26. The molecule has 2 aromatic rings. The van der Waals surface area contributed by atoms with E-state index in [-0.39, 0.29) is 24.5 Å². The van der Waals surface area contributed by atoms with Gasteiger partial charge in [-0.25, -0.2) is 4.79 Å². The quantitative estimate of drug-likeness (QED) is 0.639. The van der Waals surface area contributed by atoms with Crippen LogP contribution >= 0.6 is 11.3 Å². The van der Waals surface area contributed by atoms with Gasteiger partial charge in [0.05, 0.1) is 13.2 Å². The Morgan fingerprint density at radius 1 is 1.23 bits per heavy atom. The van der Waals surface area contributed by atoms with E-state index in [1.807, 2.05) is 43.0 Å². The Morgan fingerprint density at radius 3 is 2.71 bits per heavy atom. The van der Waals surface area contributed by atoms with Crippen LogP contribution in [0, 0.1) is 0 Å². The minimum Gasteiger partial charge on any atom is -0.493 e. The van der Waals surface area contributed by atoms with Crippen molar-refractivity contribution in [3.05, 3.63) is 46.2 Å². The fraction of sp³-hybridized carbons (Fsp3) is 0.478. The minimum atomic E-state index is -0.204. The number of hydrogen-bond donors (Lipinski definition) is 1. The number of nitrogens with zero attached hydrogens (tertiary/aromatic N) is 2. The van der Waals surface area contributed by atoms with Gasteiger partial charge in [-0.1, -0.05) is 19.1 Å². The summed E-state index contributed by atoms with van der Waals surface area (Å²) >= 11 is 1.71. The zero-order chi connectivity index (χ0) is 22.2. The van der Waals surface area contributed by atoms with Gasteiger partial charge in [-0.15, -0.1) is 11.3 Å². The van der Waals surface area contributed by atoms with Crippen LogP contribution in [0.1, 0.15) is 36.8 Å². The minimum absolute atomic E-state index is 0.0598. The summed E-state index contributed by atoms with van der Waals surface area (Å²) in [5.74, 6) is 1.24. The number of rotatable bonds is 9. The number of nitrogens with one attached hydrogen (secondary N) is 1. The molecule has 1 aliphatic heterocycles. The molecule has 0 bridgehead atoms. The number of methoxy groups -OCH3 is 1. The van der Waals surface area contributed by atoms with Gasteiger partial charge in [0.1, 0.15) is 13.2 Å². The number of fused-ring (bicyclic) bond motifs is 1. The molecule has 0 unspecified atom stereocenters. The molecule has 0 aliphatic carbocycles. The lowest BCUT2D eigenvalue weighted by molar-refractivity contribution is -0.135. The van der Waals surface area contributed by atoms with Crippen molar-refractivity contribution in [3.8, 4) is 11.5 Å². The molecule has 1 aromatic carbocycles. The average molecular weight is 446 g/mol. The molecule has 7 nitrogen and oxygen atoms in total. The lowest BCUT2D eigenvalue weighted by atomic mass is 10.0. The molecule has 3 amide bonds. The lowest BCUT2D eigenvalue weighted by Crippen LogP contribution is -2.50. The Kier molecular flexibility index (Phi) is 8.17. The number of thiophene rings is 1. The van der Waals surface area contributed by atoms with Gasteiger partial charge >= 0.3 is 6.03 Å². The molecule has 1 atom stereocenters. The summed E-state index contributed by atoms with van der Waals surface area (Å²) in [6, 6.07) is 9.17. The van der Waals surface area contributed by atoms with Crippen LogP contribution in [-0.2, 0) is 11.2 Å². The van der Waals surface area contributed by atoms with Gasteiger partial charge < -0.3 is 24.6 Å². The lowest BCUT2D eigenvalue weighted by Gasteiger charge is -2.37. The number of urea groups is 1. The van der Waals surface area contributed by atoms with E-state index >= 15 is 0 Å². The van der Waals surface area contributed by atoms with Crippen molar-refractivity contribution in [2.75, 3.05) is 39.9 Å². The van der Waals surface area contributed by atoms with Crippen molar-refractivity contribution in [3.63, 3.8) is 0 Å². The summed E-state index contributed by atoms with van der Waals surface area (Å²) in [5, 5.41) is 4.86. The Bertz CT molecular complexity index is 885. The van der Waals surface area contributed by atoms with Crippen molar-refractivity contribution in [2.45, 2.75) is 32.7 Å². The molecule has 1 aromatic heterocycles. The van der Waals surface area contributed by atoms with Crippen molar-refractivity contribution in [2.24, 2.45) is 0 Å². The van der Waals surface area contributed by atoms with Crippen molar-refractivity contribution in [1.82, 2.24) is 15.1 Å². The molecule has 1 aliphatic rings. The second-order valence-electron chi connectivity index (χ2n) is 7.37. The molecule has 8 heteroatoms. The molecule has 1 N–H and O–H groups in total. The van der Waals surface area contributed by atoms with Crippen LogP contribution < -0.4 is 14.8 Å². The highest BCUT2D eigenvalue weighted by atomic mass is 32.1. The third-order valence-electron chi connectivity index (χ3n) is 5.32. The highest BCUT2D eigenvalue weighted by molar-refractivity contribution is 7.10. The van der Waals surface area contributed by atoms with E-state index < -0.39 is 0 Å².